The lowest BCUT2D eigenvalue weighted by Crippen LogP contribution is -2.28. The molecule has 2 fully saturated rings. The van der Waals surface area contributed by atoms with Gasteiger partial charge in [0.1, 0.15) is 7.28 Å². The Labute approximate surface area is 70.0 Å². The Hall–Kier alpha value is -0.375. The van der Waals surface area contributed by atoms with Crippen molar-refractivity contribution < 1.29 is 0 Å². The smallest absolute Gasteiger partial charge is 0.120 e. The molecule has 0 amide bonds. The fourth-order valence-corrected chi connectivity index (χ4v) is 2.83. The molecule has 0 radical (unpaired) electrons. The van der Waals surface area contributed by atoms with Crippen LogP contribution in [0.1, 0.15) is 32.1 Å². The molecule has 1 heteroatoms. The van der Waals surface area contributed by atoms with Crippen LogP contribution in [0.4, 0.5) is 0 Å². The highest BCUT2D eigenvalue weighted by Gasteiger charge is 2.33. The Morgan fingerprint density at radius 3 is 2.91 bits per heavy atom. The van der Waals surface area contributed by atoms with Crippen LogP contribution >= 0.6 is 0 Å². The maximum atomic E-state index is 5.49. The van der Waals surface area contributed by atoms with Crippen LogP contribution in [-0.4, -0.2) is 7.28 Å². The van der Waals surface area contributed by atoms with Crippen LogP contribution in [0.3, 0.4) is 0 Å². The molecule has 0 nitrogen and oxygen atoms in total. The molecule has 0 aromatic heterocycles. The zero-order valence-electron chi connectivity index (χ0n) is 7.05. The summed E-state index contributed by atoms with van der Waals surface area (Å²) < 4.78 is 0. The van der Waals surface area contributed by atoms with Crippen molar-refractivity contribution in [2.24, 2.45) is 5.92 Å². The Morgan fingerprint density at radius 1 is 1.18 bits per heavy atom. The molecule has 0 aromatic carbocycles. The third kappa shape index (κ3) is 1.32. The lowest BCUT2D eigenvalue weighted by atomic mass is 9.41. The molecule has 2 saturated heterocycles. The van der Waals surface area contributed by atoms with E-state index >= 15 is 0 Å². The topological polar surface area (TPSA) is 0 Å². The molecule has 11 heavy (non-hydrogen) atoms. The van der Waals surface area contributed by atoms with Gasteiger partial charge in [0.25, 0.3) is 0 Å². The largest absolute Gasteiger partial charge is 0.129 e. The van der Waals surface area contributed by atoms with Crippen molar-refractivity contribution in [3.8, 4) is 12.3 Å². The molecular weight excluding hydrogens is 131 g/mol. The van der Waals surface area contributed by atoms with Gasteiger partial charge in [-0.2, -0.15) is 0 Å². The van der Waals surface area contributed by atoms with Crippen LogP contribution in [-0.2, 0) is 0 Å². The average molecular weight is 146 g/mol. The lowest BCUT2D eigenvalue weighted by molar-refractivity contribution is 0.400. The highest BCUT2D eigenvalue weighted by atomic mass is 14.3. The third-order valence-electron chi connectivity index (χ3n) is 3.49. The minimum absolute atomic E-state index is 0.631. The van der Waals surface area contributed by atoms with Crippen molar-refractivity contribution in [3.05, 3.63) is 0 Å². The van der Waals surface area contributed by atoms with Crippen molar-refractivity contribution >= 4 is 7.28 Å². The van der Waals surface area contributed by atoms with E-state index in [4.69, 9.17) is 6.42 Å². The van der Waals surface area contributed by atoms with E-state index < -0.39 is 0 Å². The van der Waals surface area contributed by atoms with Crippen molar-refractivity contribution in [3.63, 3.8) is 0 Å². The quantitative estimate of drug-likeness (QED) is 0.363. The maximum absolute atomic E-state index is 5.49. The molecule has 0 saturated carbocycles. The summed E-state index contributed by atoms with van der Waals surface area (Å²) >= 11 is 0. The monoisotopic (exact) mass is 146 g/mol. The first-order valence-electron chi connectivity index (χ1n) is 4.86. The second kappa shape index (κ2) is 2.93. The molecule has 3 unspecified atom stereocenters. The summed E-state index contributed by atoms with van der Waals surface area (Å²) in [6.07, 6.45) is 12.5. The van der Waals surface area contributed by atoms with E-state index in [0.29, 0.717) is 5.92 Å². The molecule has 58 valence electrons. The van der Waals surface area contributed by atoms with E-state index in [9.17, 15) is 0 Å². The second-order valence-corrected chi connectivity index (χ2v) is 4.14. The van der Waals surface area contributed by atoms with Crippen LogP contribution in [0.5, 0.6) is 0 Å². The van der Waals surface area contributed by atoms with Gasteiger partial charge in [-0.3, -0.25) is 0 Å². The number of fused-ring (bicyclic) bond motifs is 2. The van der Waals surface area contributed by atoms with Gasteiger partial charge in [-0.15, -0.1) is 12.3 Å². The summed E-state index contributed by atoms with van der Waals surface area (Å²) in [5, 5.41) is 0. The summed E-state index contributed by atoms with van der Waals surface area (Å²) in [6, 6.07) is 0. The lowest BCUT2D eigenvalue weighted by Gasteiger charge is -2.37. The van der Waals surface area contributed by atoms with Gasteiger partial charge in [0.15, 0.2) is 0 Å². The molecular formula is C10H15B. The zero-order valence-corrected chi connectivity index (χ0v) is 7.05. The molecule has 2 rings (SSSR count). The first kappa shape index (κ1) is 7.28. The third-order valence-corrected chi connectivity index (χ3v) is 3.49. The predicted octanol–water partition coefficient (Wildman–Crippen LogP) is 2.23. The SMILES string of the molecule is C#CC1CCC2BC1CCC2. The minimum atomic E-state index is 0.631. The number of hydrogen-bond donors (Lipinski definition) is 0. The van der Waals surface area contributed by atoms with Crippen molar-refractivity contribution in [2.75, 3.05) is 0 Å². The van der Waals surface area contributed by atoms with Crippen LogP contribution in [0, 0.1) is 18.3 Å². The van der Waals surface area contributed by atoms with E-state index in [1.807, 2.05) is 0 Å². The van der Waals surface area contributed by atoms with Crippen LogP contribution < -0.4 is 0 Å². The highest BCUT2D eigenvalue weighted by molar-refractivity contribution is 6.40. The van der Waals surface area contributed by atoms with Gasteiger partial charge in [0.2, 0.25) is 0 Å². The molecule has 0 spiro atoms. The first-order chi connectivity index (χ1) is 5.40. The number of rotatable bonds is 0. The molecule has 0 aromatic rings. The molecule has 0 N–H and O–H groups in total. The van der Waals surface area contributed by atoms with Crippen LogP contribution in [0.2, 0.25) is 11.6 Å². The minimum Gasteiger partial charge on any atom is -0.120 e. The molecule has 2 aliphatic heterocycles. The molecule has 2 bridgehead atoms. The zero-order chi connectivity index (χ0) is 7.68. The van der Waals surface area contributed by atoms with Crippen molar-refractivity contribution in [1.29, 1.82) is 0 Å². The van der Waals surface area contributed by atoms with Crippen molar-refractivity contribution in [1.82, 2.24) is 0 Å². The van der Waals surface area contributed by atoms with Gasteiger partial charge in [0.05, 0.1) is 0 Å². The number of hydrogen-bond acceptors (Lipinski definition) is 0. The van der Waals surface area contributed by atoms with Gasteiger partial charge in [-0.25, -0.2) is 0 Å². The van der Waals surface area contributed by atoms with Gasteiger partial charge < -0.3 is 0 Å². The van der Waals surface area contributed by atoms with Gasteiger partial charge >= 0.3 is 0 Å². The summed E-state index contributed by atoms with van der Waals surface area (Å²) in [6.45, 7) is 0. The first-order valence-corrected chi connectivity index (χ1v) is 4.86. The van der Waals surface area contributed by atoms with Gasteiger partial charge in [-0.05, 0) is 6.42 Å². The van der Waals surface area contributed by atoms with Crippen LogP contribution in [0.25, 0.3) is 0 Å². The number of terminal acetylenes is 1. The Morgan fingerprint density at radius 2 is 2.09 bits per heavy atom. The fourth-order valence-electron chi connectivity index (χ4n) is 2.83. The Bertz CT molecular complexity index is 180. The van der Waals surface area contributed by atoms with E-state index in [-0.39, 0.29) is 0 Å². The fraction of sp³-hybridized carbons (Fsp3) is 0.800. The summed E-state index contributed by atoms with van der Waals surface area (Å²) in [4.78, 5) is 0. The molecule has 2 heterocycles. The normalized spacial score (nSPS) is 42.3. The van der Waals surface area contributed by atoms with Crippen molar-refractivity contribution in [2.45, 2.75) is 43.7 Å². The van der Waals surface area contributed by atoms with E-state index in [2.05, 4.69) is 5.92 Å². The van der Waals surface area contributed by atoms with Gasteiger partial charge in [0, 0.05) is 5.92 Å². The summed E-state index contributed by atoms with van der Waals surface area (Å²) in [7, 11) is 1.44. The molecule has 0 aliphatic carbocycles. The summed E-state index contributed by atoms with van der Waals surface area (Å²) in [5.74, 6) is 5.53. The Kier molecular flexibility index (Phi) is 1.94. The van der Waals surface area contributed by atoms with E-state index in [1.54, 1.807) is 0 Å². The maximum Gasteiger partial charge on any atom is 0.129 e. The van der Waals surface area contributed by atoms with E-state index in [1.165, 1.54) is 39.4 Å². The highest BCUT2D eigenvalue weighted by Crippen LogP contribution is 2.44. The molecule has 3 atom stereocenters. The summed E-state index contributed by atoms with van der Waals surface area (Å²) in [5.41, 5.74) is 0. The Balaban J connectivity index is 2.04. The standard InChI is InChI=1S/C10H15B/c1-2-8-6-7-9-4-3-5-10(8)11-9/h1,8-11H,3-7H2. The molecule has 2 aliphatic rings. The predicted molar refractivity (Wildman–Crippen MR) is 50.1 cm³/mol. The average Bonchev–Trinajstić information content (AvgIpc) is 2.06. The van der Waals surface area contributed by atoms with Crippen LogP contribution in [0.15, 0.2) is 0 Å². The second-order valence-electron chi connectivity index (χ2n) is 4.14. The van der Waals surface area contributed by atoms with E-state index in [0.717, 1.165) is 11.6 Å². The van der Waals surface area contributed by atoms with Gasteiger partial charge in [-0.1, -0.05) is 37.3 Å².